The van der Waals surface area contributed by atoms with Crippen molar-refractivity contribution < 1.29 is 33.8 Å². The Kier molecular flexibility index (Phi) is 9.08. The van der Waals surface area contributed by atoms with E-state index in [1.165, 1.54) is 16.2 Å². The number of nitrogens with zero attached hydrogens (tertiary/aromatic N) is 3. The molecule has 3 aromatic rings. The first-order valence-electron chi connectivity index (χ1n) is 16.9. The predicted octanol–water partition coefficient (Wildman–Crippen LogP) is 4.55. The molecule has 0 aromatic carbocycles. The normalized spacial score (nSPS) is 28.9. The Balaban J connectivity index is 1.16. The number of amides is 3. The number of rotatable bonds is 6. The summed E-state index contributed by atoms with van der Waals surface area (Å²) in [6.07, 6.45) is 15.1. The van der Waals surface area contributed by atoms with Crippen LogP contribution in [0, 0.1) is 5.92 Å². The van der Waals surface area contributed by atoms with E-state index in [-0.39, 0.29) is 31.4 Å². The number of H-pyrrole nitrogens is 1. The zero-order chi connectivity index (χ0) is 33.3. The van der Waals surface area contributed by atoms with Crippen LogP contribution in [-0.4, -0.2) is 85.2 Å². The molecule has 0 spiro atoms. The minimum Gasteiger partial charge on any atom is -0.487 e. The Labute approximate surface area is 281 Å². The molecule has 1 saturated heterocycles. The van der Waals surface area contributed by atoms with E-state index < -0.39 is 47.6 Å². The number of thiophene rings is 1. The number of fused-ring (bicyclic) bond motifs is 3. The first kappa shape index (κ1) is 32.1. The maximum Gasteiger partial charge on any atom is 0.408 e. The van der Waals surface area contributed by atoms with Crippen molar-refractivity contribution in [3.8, 4) is 16.5 Å². The molecule has 2 aliphatic carbocycles. The van der Waals surface area contributed by atoms with Crippen LogP contribution < -0.4 is 15.4 Å². The number of hydrogen-bond donors (Lipinski definition) is 4. The van der Waals surface area contributed by atoms with E-state index in [9.17, 15) is 24.3 Å². The standard InChI is InChI=1S/C34H40N6O7S/c41-30-25-16-22(46-26-12-13-35-24-17-27(48-28(24)26)29-36-14-15-37-29)19-40(25)31(42)23(38-33(45)47-21-9-6-7-10-21)11-5-3-1-2-4-8-20-18-34(20,39-30)32(43)44/h4,8,12-15,17,20-23,25H,1-3,5-7,9-11,16,18-19H2,(H,36,37)(H,38,45)(H,39,41)(H,43,44)/b8-4-/t20-,22-,23+,25+,34-/m1/s1. The fourth-order valence-electron chi connectivity index (χ4n) is 7.18. The smallest absolute Gasteiger partial charge is 0.408 e. The summed E-state index contributed by atoms with van der Waals surface area (Å²) in [5, 5.41) is 15.8. The van der Waals surface area contributed by atoms with Gasteiger partial charge in [0.15, 0.2) is 0 Å². The Morgan fingerprint density at radius 1 is 1.06 bits per heavy atom. The topological polar surface area (TPSA) is 176 Å². The van der Waals surface area contributed by atoms with Gasteiger partial charge in [-0.2, -0.15) is 0 Å². The zero-order valence-electron chi connectivity index (χ0n) is 26.6. The molecule has 3 fully saturated rings. The van der Waals surface area contributed by atoms with E-state index in [2.05, 4.69) is 25.6 Å². The highest BCUT2D eigenvalue weighted by Crippen LogP contribution is 2.45. The summed E-state index contributed by atoms with van der Waals surface area (Å²) >= 11 is 1.47. The highest BCUT2D eigenvalue weighted by molar-refractivity contribution is 7.22. The Morgan fingerprint density at radius 3 is 2.69 bits per heavy atom. The van der Waals surface area contributed by atoms with Crippen LogP contribution in [0.25, 0.3) is 20.9 Å². The summed E-state index contributed by atoms with van der Waals surface area (Å²) in [6.45, 7) is 0.0798. The number of nitrogens with one attached hydrogen (secondary N) is 3. The third-order valence-electron chi connectivity index (χ3n) is 9.89. The number of carboxylic acid groups (broad SMARTS) is 1. The summed E-state index contributed by atoms with van der Waals surface area (Å²) in [4.78, 5) is 67.9. The van der Waals surface area contributed by atoms with E-state index in [4.69, 9.17) is 9.47 Å². The molecule has 14 heteroatoms. The van der Waals surface area contributed by atoms with E-state index in [1.807, 2.05) is 18.2 Å². The van der Waals surface area contributed by atoms with Crippen molar-refractivity contribution >= 4 is 45.4 Å². The largest absolute Gasteiger partial charge is 0.487 e. The van der Waals surface area contributed by atoms with Crippen LogP contribution in [0.5, 0.6) is 5.75 Å². The molecule has 2 aliphatic heterocycles. The van der Waals surface area contributed by atoms with Crippen molar-refractivity contribution in [2.75, 3.05) is 6.54 Å². The van der Waals surface area contributed by atoms with Crippen LogP contribution in [0.3, 0.4) is 0 Å². The lowest BCUT2D eigenvalue weighted by Gasteiger charge is -2.29. The highest BCUT2D eigenvalue weighted by Gasteiger charge is 2.61. The lowest BCUT2D eigenvalue weighted by Crippen LogP contribution is -2.56. The molecule has 3 aromatic heterocycles. The molecule has 0 unspecified atom stereocenters. The molecule has 7 rings (SSSR count). The molecule has 48 heavy (non-hydrogen) atoms. The van der Waals surface area contributed by atoms with E-state index in [0.29, 0.717) is 24.4 Å². The number of aromatic amines is 1. The second-order valence-corrected chi connectivity index (χ2v) is 14.3. The first-order chi connectivity index (χ1) is 23.3. The van der Waals surface area contributed by atoms with Crippen LogP contribution in [0.2, 0.25) is 0 Å². The van der Waals surface area contributed by atoms with Crippen LogP contribution >= 0.6 is 11.3 Å². The number of pyridine rings is 1. The van der Waals surface area contributed by atoms with Crippen molar-refractivity contribution in [1.29, 1.82) is 0 Å². The summed E-state index contributed by atoms with van der Waals surface area (Å²) in [5.74, 6) is -1.11. The fourth-order valence-corrected chi connectivity index (χ4v) is 8.22. The second kappa shape index (κ2) is 13.6. The summed E-state index contributed by atoms with van der Waals surface area (Å²) in [7, 11) is 0. The van der Waals surface area contributed by atoms with Gasteiger partial charge in [-0.3, -0.25) is 14.6 Å². The van der Waals surface area contributed by atoms with Gasteiger partial charge in [0.2, 0.25) is 11.8 Å². The van der Waals surface area contributed by atoms with Gasteiger partial charge in [-0.15, -0.1) is 11.3 Å². The van der Waals surface area contributed by atoms with E-state index in [0.717, 1.165) is 60.0 Å². The molecule has 13 nitrogen and oxygen atoms in total. The van der Waals surface area contributed by atoms with Crippen molar-refractivity contribution in [1.82, 2.24) is 30.5 Å². The molecule has 5 atom stereocenters. The average molecular weight is 677 g/mol. The molecule has 0 radical (unpaired) electrons. The third-order valence-corrected chi connectivity index (χ3v) is 11.0. The molecule has 2 saturated carbocycles. The van der Waals surface area contributed by atoms with Gasteiger partial charge < -0.3 is 35.1 Å². The molecule has 3 amide bonds. The van der Waals surface area contributed by atoms with Gasteiger partial charge in [-0.05, 0) is 63.5 Å². The zero-order valence-corrected chi connectivity index (χ0v) is 27.4. The van der Waals surface area contributed by atoms with Gasteiger partial charge >= 0.3 is 12.1 Å². The number of ether oxygens (including phenoxy) is 2. The number of carbonyl (C=O) groups is 4. The lowest BCUT2D eigenvalue weighted by molar-refractivity contribution is -0.145. The van der Waals surface area contributed by atoms with Gasteiger partial charge in [0.1, 0.15) is 41.4 Å². The van der Waals surface area contributed by atoms with Gasteiger partial charge in [0, 0.05) is 30.9 Å². The van der Waals surface area contributed by atoms with Crippen LogP contribution in [0.15, 0.2) is 42.9 Å². The number of hydrogen-bond acceptors (Lipinski definition) is 9. The second-order valence-electron chi connectivity index (χ2n) is 13.2. The maximum atomic E-state index is 14.3. The number of aromatic nitrogens is 3. The fraction of sp³-hybridized carbons (Fsp3) is 0.529. The van der Waals surface area contributed by atoms with Crippen molar-refractivity contribution in [2.24, 2.45) is 5.92 Å². The van der Waals surface area contributed by atoms with E-state index >= 15 is 0 Å². The van der Waals surface area contributed by atoms with Gasteiger partial charge in [0.05, 0.1) is 21.6 Å². The average Bonchev–Trinajstić information content (AvgIpc) is 3.69. The number of carbonyl (C=O) groups excluding carboxylic acids is 3. The third kappa shape index (κ3) is 6.62. The van der Waals surface area contributed by atoms with E-state index in [1.54, 1.807) is 24.7 Å². The SMILES string of the molecule is O=C(N[C@H]1CCCCC/C=C\[C@@H]2C[C@@]2(C(=O)O)NC(=O)[C@@H]2C[C@@H](Oc3ccnc4cc(-c5ncc[nH]5)sc34)CN2C1=O)OC1CCCC1. The Hall–Kier alpha value is -4.46. The Morgan fingerprint density at radius 2 is 1.90 bits per heavy atom. The van der Waals surface area contributed by atoms with Crippen molar-refractivity contribution in [3.63, 3.8) is 0 Å². The minimum absolute atomic E-state index is 0.0798. The summed E-state index contributed by atoms with van der Waals surface area (Å²) in [6, 6.07) is 1.78. The molecule has 4 N–H and O–H groups in total. The summed E-state index contributed by atoms with van der Waals surface area (Å²) < 4.78 is 12.9. The number of alkyl carbamates (subject to hydrolysis) is 1. The number of allylic oxidation sites excluding steroid dienone is 1. The quantitative estimate of drug-likeness (QED) is 0.273. The first-order valence-corrected chi connectivity index (χ1v) is 17.7. The molecular formula is C34H40N6O7S. The van der Waals surface area contributed by atoms with Gasteiger partial charge in [-0.25, -0.2) is 14.6 Å². The molecule has 0 bridgehead atoms. The van der Waals surface area contributed by atoms with Crippen molar-refractivity contribution in [2.45, 2.75) is 100 Å². The monoisotopic (exact) mass is 676 g/mol. The highest BCUT2D eigenvalue weighted by atomic mass is 32.1. The number of imidazole rings is 1. The van der Waals surface area contributed by atoms with Gasteiger partial charge in [0.25, 0.3) is 0 Å². The van der Waals surface area contributed by atoms with Crippen LogP contribution in [-0.2, 0) is 19.1 Å². The predicted molar refractivity (Wildman–Crippen MR) is 176 cm³/mol. The molecular weight excluding hydrogens is 636 g/mol. The Bertz CT molecular complexity index is 1700. The minimum atomic E-state index is -1.42. The number of aliphatic carboxylic acids is 1. The van der Waals surface area contributed by atoms with Crippen LogP contribution in [0.1, 0.15) is 70.6 Å². The van der Waals surface area contributed by atoms with Crippen molar-refractivity contribution in [3.05, 3.63) is 42.9 Å². The summed E-state index contributed by atoms with van der Waals surface area (Å²) in [5.41, 5.74) is -0.687. The molecule has 4 aliphatic rings. The lowest BCUT2D eigenvalue weighted by atomic mass is 10.0. The molecule has 5 heterocycles. The van der Waals surface area contributed by atoms with Crippen LogP contribution in [0.4, 0.5) is 4.79 Å². The molecule has 254 valence electrons. The van der Waals surface area contributed by atoms with Gasteiger partial charge in [-0.1, -0.05) is 25.0 Å². The number of carboxylic acids is 1. The maximum absolute atomic E-state index is 14.3.